The lowest BCUT2D eigenvalue weighted by atomic mass is 10.1. The van der Waals surface area contributed by atoms with Crippen LogP contribution in [0.2, 0.25) is 0 Å². The molecule has 1 unspecified atom stereocenters. The molecule has 0 radical (unpaired) electrons. The lowest BCUT2D eigenvalue weighted by Crippen LogP contribution is -2.52. The van der Waals surface area contributed by atoms with Crippen LogP contribution in [0.4, 0.5) is 5.69 Å². The lowest BCUT2D eigenvalue weighted by Gasteiger charge is -2.32. The van der Waals surface area contributed by atoms with E-state index in [-0.39, 0.29) is 23.4 Å². The average Bonchev–Trinajstić information content (AvgIpc) is 2.85. The quantitative estimate of drug-likeness (QED) is 0.406. The topological polar surface area (TPSA) is 86.8 Å². The standard InChI is InChI=1S/C30H37N3O4S/c1-21(2)31-30(35)25(6)32(19-26-14-12-22(3)13-15-26)29(34)20-33(27-17-23(4)16-24(5)18-27)38(36,37)28-10-8-7-9-11-28/h7-18,21,25H,19-20H2,1-6H3,(H,31,35). The van der Waals surface area contributed by atoms with Crippen molar-refractivity contribution in [3.05, 3.63) is 95.1 Å². The van der Waals surface area contributed by atoms with E-state index < -0.39 is 28.5 Å². The van der Waals surface area contributed by atoms with Gasteiger partial charge in [-0.25, -0.2) is 8.42 Å². The Morgan fingerprint density at radius 1 is 0.816 bits per heavy atom. The molecular weight excluding hydrogens is 498 g/mol. The van der Waals surface area contributed by atoms with Crippen LogP contribution in [0.25, 0.3) is 0 Å². The number of carbonyl (C=O) groups is 2. The van der Waals surface area contributed by atoms with E-state index >= 15 is 0 Å². The molecule has 7 nitrogen and oxygen atoms in total. The molecule has 202 valence electrons. The van der Waals surface area contributed by atoms with Gasteiger partial charge in [-0.15, -0.1) is 0 Å². The van der Waals surface area contributed by atoms with Gasteiger partial charge in [0.05, 0.1) is 10.6 Å². The number of benzene rings is 3. The van der Waals surface area contributed by atoms with Gasteiger partial charge < -0.3 is 10.2 Å². The van der Waals surface area contributed by atoms with Crippen molar-refractivity contribution in [3.8, 4) is 0 Å². The van der Waals surface area contributed by atoms with Gasteiger partial charge in [0, 0.05) is 12.6 Å². The molecular formula is C30H37N3O4S. The maximum absolute atomic E-state index is 13.9. The maximum Gasteiger partial charge on any atom is 0.264 e. The van der Waals surface area contributed by atoms with Crippen LogP contribution in [0.15, 0.2) is 77.7 Å². The zero-order valence-electron chi connectivity index (χ0n) is 22.9. The molecule has 38 heavy (non-hydrogen) atoms. The molecule has 3 aromatic carbocycles. The zero-order valence-corrected chi connectivity index (χ0v) is 23.7. The van der Waals surface area contributed by atoms with E-state index in [0.29, 0.717) is 5.69 Å². The summed E-state index contributed by atoms with van der Waals surface area (Å²) in [5.41, 5.74) is 4.07. The molecule has 0 bridgehead atoms. The number of hydrogen-bond donors (Lipinski definition) is 1. The zero-order chi connectivity index (χ0) is 28.0. The molecule has 8 heteroatoms. The Kier molecular flexibility index (Phi) is 9.33. The van der Waals surface area contributed by atoms with Crippen LogP contribution in [0, 0.1) is 20.8 Å². The third kappa shape index (κ3) is 7.22. The minimum absolute atomic E-state index is 0.0858. The fourth-order valence-corrected chi connectivity index (χ4v) is 5.64. The first-order valence-corrected chi connectivity index (χ1v) is 14.1. The molecule has 0 aliphatic carbocycles. The molecule has 3 aromatic rings. The fraction of sp³-hybridized carbons (Fsp3) is 0.333. The molecule has 0 aliphatic rings. The van der Waals surface area contributed by atoms with Crippen LogP contribution in [-0.2, 0) is 26.2 Å². The molecule has 0 saturated carbocycles. The van der Waals surface area contributed by atoms with Gasteiger partial charge in [-0.05, 0) is 82.5 Å². The number of sulfonamides is 1. The number of hydrogen-bond acceptors (Lipinski definition) is 4. The largest absolute Gasteiger partial charge is 0.352 e. The number of anilines is 1. The first-order chi connectivity index (χ1) is 17.9. The SMILES string of the molecule is Cc1ccc(CN(C(=O)CN(c2cc(C)cc(C)c2)S(=O)(=O)c2ccccc2)C(C)C(=O)NC(C)C)cc1. The van der Waals surface area contributed by atoms with Crippen molar-refractivity contribution in [1.82, 2.24) is 10.2 Å². The molecule has 0 saturated heterocycles. The molecule has 0 aromatic heterocycles. The van der Waals surface area contributed by atoms with E-state index in [1.807, 2.05) is 65.0 Å². The molecule has 0 aliphatic heterocycles. The Hall–Kier alpha value is -3.65. The highest BCUT2D eigenvalue weighted by Gasteiger charge is 2.32. The van der Waals surface area contributed by atoms with Gasteiger partial charge in [0.2, 0.25) is 11.8 Å². The summed E-state index contributed by atoms with van der Waals surface area (Å²) in [4.78, 5) is 28.4. The van der Waals surface area contributed by atoms with E-state index in [4.69, 9.17) is 0 Å². The molecule has 0 heterocycles. The third-order valence-electron chi connectivity index (χ3n) is 6.18. The molecule has 0 fully saturated rings. The van der Waals surface area contributed by atoms with Crippen molar-refractivity contribution in [3.63, 3.8) is 0 Å². The van der Waals surface area contributed by atoms with Crippen molar-refractivity contribution in [2.24, 2.45) is 0 Å². The summed E-state index contributed by atoms with van der Waals surface area (Å²) in [7, 11) is -4.07. The highest BCUT2D eigenvalue weighted by Crippen LogP contribution is 2.26. The summed E-state index contributed by atoms with van der Waals surface area (Å²) in [5.74, 6) is -0.778. The minimum Gasteiger partial charge on any atom is -0.352 e. The van der Waals surface area contributed by atoms with Crippen LogP contribution in [0.5, 0.6) is 0 Å². The summed E-state index contributed by atoms with van der Waals surface area (Å²) in [6.07, 6.45) is 0. The van der Waals surface area contributed by atoms with Gasteiger partial charge in [0.15, 0.2) is 0 Å². The summed E-state index contributed by atoms with van der Waals surface area (Å²) in [6, 6.07) is 20.3. The van der Waals surface area contributed by atoms with Gasteiger partial charge >= 0.3 is 0 Å². The van der Waals surface area contributed by atoms with Crippen molar-refractivity contribution < 1.29 is 18.0 Å². The Morgan fingerprint density at radius 3 is 1.95 bits per heavy atom. The predicted molar refractivity (Wildman–Crippen MR) is 151 cm³/mol. The van der Waals surface area contributed by atoms with Gasteiger partial charge in [-0.3, -0.25) is 13.9 Å². The Morgan fingerprint density at radius 2 is 1.39 bits per heavy atom. The maximum atomic E-state index is 13.9. The second-order valence-electron chi connectivity index (χ2n) is 10.0. The number of nitrogens with one attached hydrogen (secondary N) is 1. The summed E-state index contributed by atoms with van der Waals surface area (Å²) in [6.45, 7) is 10.8. The van der Waals surface area contributed by atoms with Crippen LogP contribution < -0.4 is 9.62 Å². The molecule has 3 rings (SSSR count). The third-order valence-corrected chi connectivity index (χ3v) is 7.96. The summed E-state index contributed by atoms with van der Waals surface area (Å²) >= 11 is 0. The summed E-state index contributed by atoms with van der Waals surface area (Å²) < 4.78 is 28.8. The second-order valence-corrected chi connectivity index (χ2v) is 11.9. The van der Waals surface area contributed by atoms with Crippen LogP contribution in [0.1, 0.15) is 43.0 Å². The highest BCUT2D eigenvalue weighted by molar-refractivity contribution is 7.92. The minimum atomic E-state index is -4.07. The molecule has 1 N–H and O–H groups in total. The number of aryl methyl sites for hydroxylation is 3. The van der Waals surface area contributed by atoms with Crippen molar-refractivity contribution in [2.75, 3.05) is 10.8 Å². The normalized spacial score (nSPS) is 12.2. The van der Waals surface area contributed by atoms with E-state index in [1.165, 1.54) is 17.0 Å². The number of nitrogens with zero attached hydrogens (tertiary/aromatic N) is 2. The molecule has 2 amide bonds. The molecule has 1 atom stereocenters. The van der Waals surface area contributed by atoms with E-state index in [2.05, 4.69) is 5.32 Å². The Balaban J connectivity index is 2.05. The first kappa shape index (κ1) is 28.9. The predicted octanol–water partition coefficient (Wildman–Crippen LogP) is 4.75. The van der Waals surface area contributed by atoms with Gasteiger partial charge in [-0.1, -0.05) is 54.1 Å². The molecule has 0 spiro atoms. The van der Waals surface area contributed by atoms with Crippen molar-refractivity contribution >= 4 is 27.5 Å². The monoisotopic (exact) mass is 535 g/mol. The van der Waals surface area contributed by atoms with Gasteiger partial charge in [-0.2, -0.15) is 0 Å². The van der Waals surface area contributed by atoms with Crippen molar-refractivity contribution in [1.29, 1.82) is 0 Å². The second kappa shape index (κ2) is 12.3. The van der Waals surface area contributed by atoms with Gasteiger partial charge in [0.25, 0.3) is 10.0 Å². The van der Waals surface area contributed by atoms with E-state index in [0.717, 1.165) is 26.6 Å². The van der Waals surface area contributed by atoms with Crippen LogP contribution in [-0.4, -0.2) is 43.8 Å². The lowest BCUT2D eigenvalue weighted by molar-refractivity contribution is -0.139. The number of carbonyl (C=O) groups excluding carboxylic acids is 2. The van der Waals surface area contributed by atoms with Crippen LogP contribution >= 0.6 is 0 Å². The first-order valence-electron chi connectivity index (χ1n) is 12.7. The smallest absolute Gasteiger partial charge is 0.264 e. The van der Waals surface area contributed by atoms with Gasteiger partial charge in [0.1, 0.15) is 12.6 Å². The Bertz CT molecular complexity index is 1350. The van der Waals surface area contributed by atoms with E-state index in [1.54, 1.807) is 37.3 Å². The van der Waals surface area contributed by atoms with Crippen LogP contribution in [0.3, 0.4) is 0 Å². The summed E-state index contributed by atoms with van der Waals surface area (Å²) in [5, 5.41) is 2.86. The Labute approximate surface area is 226 Å². The van der Waals surface area contributed by atoms with E-state index in [9.17, 15) is 18.0 Å². The fourth-order valence-electron chi connectivity index (χ4n) is 4.22. The highest BCUT2D eigenvalue weighted by atomic mass is 32.2. The number of rotatable bonds is 10. The van der Waals surface area contributed by atoms with Crippen molar-refractivity contribution in [2.45, 2.75) is 65.1 Å². The number of amides is 2. The average molecular weight is 536 g/mol.